The zero-order valence-corrected chi connectivity index (χ0v) is 16.8. The Morgan fingerprint density at radius 3 is 2.86 bits per heavy atom. The number of urea groups is 1. The van der Waals surface area contributed by atoms with Crippen LogP contribution in [0.3, 0.4) is 0 Å². The molecule has 1 N–H and O–H groups in total. The van der Waals surface area contributed by atoms with Crippen LogP contribution < -0.4 is 10.2 Å². The fraction of sp³-hybridized carbons (Fsp3) is 0.381. The molecule has 0 radical (unpaired) electrons. The van der Waals surface area contributed by atoms with E-state index in [4.69, 9.17) is 0 Å². The summed E-state index contributed by atoms with van der Waals surface area (Å²) in [7, 11) is 0. The molecule has 4 rings (SSSR count). The van der Waals surface area contributed by atoms with Gasteiger partial charge in [0.05, 0.1) is 17.9 Å². The Morgan fingerprint density at radius 2 is 2.10 bits per heavy atom. The van der Waals surface area contributed by atoms with Crippen molar-refractivity contribution in [2.75, 3.05) is 24.5 Å². The maximum Gasteiger partial charge on any atom is 0.318 e. The summed E-state index contributed by atoms with van der Waals surface area (Å²) in [5.41, 5.74) is 3.40. The van der Waals surface area contributed by atoms with Gasteiger partial charge in [-0.25, -0.2) is 14.2 Å². The smallest absolute Gasteiger partial charge is 0.318 e. The molecule has 3 aromatic rings. The van der Waals surface area contributed by atoms with Gasteiger partial charge < -0.3 is 15.1 Å². The Labute approximate surface area is 169 Å². The van der Waals surface area contributed by atoms with Gasteiger partial charge in [0.2, 0.25) is 0 Å². The highest BCUT2D eigenvalue weighted by Crippen LogP contribution is 2.22. The van der Waals surface area contributed by atoms with Crippen molar-refractivity contribution in [3.05, 3.63) is 60.1 Å². The van der Waals surface area contributed by atoms with Crippen molar-refractivity contribution in [2.24, 2.45) is 0 Å². The number of pyridine rings is 2. The number of carbonyl (C=O) groups excluding carboxylic acids is 1. The Morgan fingerprint density at radius 1 is 1.28 bits per heavy atom. The number of anilines is 1. The van der Waals surface area contributed by atoms with E-state index in [9.17, 15) is 9.18 Å². The number of imidazole rings is 1. The van der Waals surface area contributed by atoms with Crippen LogP contribution in [0.1, 0.15) is 31.3 Å². The van der Waals surface area contributed by atoms with Gasteiger partial charge in [0.15, 0.2) is 5.82 Å². The van der Waals surface area contributed by atoms with E-state index >= 15 is 0 Å². The third kappa shape index (κ3) is 3.62. The van der Waals surface area contributed by atoms with E-state index in [0.29, 0.717) is 25.3 Å². The summed E-state index contributed by atoms with van der Waals surface area (Å²) in [6.07, 6.45) is 4.63. The zero-order chi connectivity index (χ0) is 20.5. The Hall–Kier alpha value is -3.16. The molecule has 1 aliphatic heterocycles. The van der Waals surface area contributed by atoms with E-state index in [1.165, 1.54) is 6.20 Å². The second-order valence-electron chi connectivity index (χ2n) is 7.53. The summed E-state index contributed by atoms with van der Waals surface area (Å²) < 4.78 is 16.1. The van der Waals surface area contributed by atoms with Crippen molar-refractivity contribution < 1.29 is 9.18 Å². The number of carbonyl (C=O) groups is 1. The maximum absolute atomic E-state index is 14.0. The Kier molecular flexibility index (Phi) is 5.08. The number of nitrogens with zero attached hydrogens (tertiary/aromatic N) is 5. The molecule has 1 fully saturated rings. The number of rotatable bonds is 3. The van der Waals surface area contributed by atoms with Crippen LogP contribution in [0.4, 0.5) is 14.9 Å². The van der Waals surface area contributed by atoms with Crippen LogP contribution in [0.15, 0.2) is 42.9 Å². The van der Waals surface area contributed by atoms with Crippen LogP contribution in [0.5, 0.6) is 0 Å². The number of hydrogen-bond donors (Lipinski definition) is 1. The fourth-order valence-corrected chi connectivity index (χ4v) is 4.00. The number of hydrogen-bond acceptors (Lipinski definition) is 4. The van der Waals surface area contributed by atoms with Crippen LogP contribution >= 0.6 is 0 Å². The molecule has 0 saturated carbocycles. The molecule has 2 amide bonds. The van der Waals surface area contributed by atoms with Gasteiger partial charge in [-0.05, 0) is 39.0 Å². The van der Waals surface area contributed by atoms with Crippen molar-refractivity contribution >= 4 is 17.4 Å². The van der Waals surface area contributed by atoms with Crippen molar-refractivity contribution in [1.82, 2.24) is 24.6 Å². The normalized spacial score (nSPS) is 18.1. The monoisotopic (exact) mass is 396 g/mol. The van der Waals surface area contributed by atoms with Gasteiger partial charge in [-0.2, -0.15) is 0 Å². The fourth-order valence-electron chi connectivity index (χ4n) is 4.00. The third-order valence-electron chi connectivity index (χ3n) is 5.50. The van der Waals surface area contributed by atoms with Gasteiger partial charge in [0.25, 0.3) is 0 Å². The SMILES string of the molecule is Cc1cnc2cccc([C@H](C)NC(=O)N3CCN(c4ccncc4F)CC3C)n12. The molecule has 8 heteroatoms. The second kappa shape index (κ2) is 7.69. The topological polar surface area (TPSA) is 65.8 Å². The number of aryl methyl sites for hydroxylation is 1. The van der Waals surface area contributed by atoms with Crippen LogP contribution in [-0.2, 0) is 0 Å². The summed E-state index contributed by atoms with van der Waals surface area (Å²) >= 11 is 0. The average molecular weight is 396 g/mol. The standard InChI is InChI=1S/C21H25FN6O/c1-14-11-24-20-6-4-5-18(28(14)20)16(3)25-21(29)27-10-9-26(13-15(27)2)19-7-8-23-12-17(19)22/h4-8,11-12,15-16H,9-10,13H2,1-3H3,(H,25,29)/t15?,16-/m0/s1. The summed E-state index contributed by atoms with van der Waals surface area (Å²) in [4.78, 5) is 24.9. The van der Waals surface area contributed by atoms with Crippen molar-refractivity contribution in [3.8, 4) is 0 Å². The molecule has 2 atom stereocenters. The molecule has 4 heterocycles. The lowest BCUT2D eigenvalue weighted by molar-refractivity contribution is 0.168. The molecule has 29 heavy (non-hydrogen) atoms. The highest BCUT2D eigenvalue weighted by atomic mass is 19.1. The quantitative estimate of drug-likeness (QED) is 0.739. The van der Waals surface area contributed by atoms with E-state index in [-0.39, 0.29) is 23.9 Å². The van der Waals surface area contributed by atoms with Crippen LogP contribution in [0, 0.1) is 12.7 Å². The molecule has 1 aliphatic rings. The van der Waals surface area contributed by atoms with E-state index in [1.807, 2.05) is 55.0 Å². The lowest BCUT2D eigenvalue weighted by Crippen LogP contribution is -2.57. The minimum Gasteiger partial charge on any atom is -0.365 e. The highest BCUT2D eigenvalue weighted by molar-refractivity contribution is 5.75. The number of nitrogens with one attached hydrogen (secondary N) is 1. The van der Waals surface area contributed by atoms with Crippen molar-refractivity contribution in [3.63, 3.8) is 0 Å². The summed E-state index contributed by atoms with van der Waals surface area (Å²) in [6, 6.07) is 7.23. The van der Waals surface area contributed by atoms with Crippen molar-refractivity contribution in [1.29, 1.82) is 0 Å². The summed E-state index contributed by atoms with van der Waals surface area (Å²) in [5.74, 6) is -0.338. The van der Waals surface area contributed by atoms with Gasteiger partial charge in [-0.3, -0.25) is 9.38 Å². The molecule has 0 aliphatic carbocycles. The maximum atomic E-state index is 14.0. The van der Waals surface area contributed by atoms with Crippen LogP contribution in [-0.4, -0.2) is 51.0 Å². The Bertz CT molecular complexity index is 1030. The molecule has 1 saturated heterocycles. The zero-order valence-electron chi connectivity index (χ0n) is 16.8. The lowest BCUT2D eigenvalue weighted by Gasteiger charge is -2.41. The number of amides is 2. The molecule has 152 valence electrons. The molecular weight excluding hydrogens is 371 g/mol. The molecular formula is C21H25FN6O. The molecule has 0 aromatic carbocycles. The number of halogens is 1. The largest absolute Gasteiger partial charge is 0.365 e. The van der Waals surface area contributed by atoms with Crippen LogP contribution in [0.2, 0.25) is 0 Å². The minimum absolute atomic E-state index is 0.0470. The molecule has 1 unspecified atom stereocenters. The first-order valence-corrected chi connectivity index (χ1v) is 9.80. The van der Waals surface area contributed by atoms with E-state index < -0.39 is 0 Å². The molecule has 0 bridgehead atoms. The first-order chi connectivity index (χ1) is 14.0. The van der Waals surface area contributed by atoms with Gasteiger partial charge >= 0.3 is 6.03 Å². The van der Waals surface area contributed by atoms with Gasteiger partial charge in [0, 0.05) is 49.5 Å². The van der Waals surface area contributed by atoms with E-state index in [1.54, 1.807) is 12.3 Å². The van der Waals surface area contributed by atoms with Gasteiger partial charge in [-0.1, -0.05) is 6.07 Å². The number of piperazine rings is 1. The highest BCUT2D eigenvalue weighted by Gasteiger charge is 2.29. The van der Waals surface area contributed by atoms with Crippen molar-refractivity contribution in [2.45, 2.75) is 32.9 Å². The molecule has 3 aromatic heterocycles. The minimum atomic E-state index is -0.338. The first kappa shape index (κ1) is 19.2. The number of aromatic nitrogens is 3. The van der Waals surface area contributed by atoms with E-state index in [2.05, 4.69) is 19.7 Å². The first-order valence-electron chi connectivity index (χ1n) is 9.80. The molecule has 0 spiro atoms. The predicted molar refractivity (Wildman–Crippen MR) is 109 cm³/mol. The van der Waals surface area contributed by atoms with E-state index in [0.717, 1.165) is 17.0 Å². The van der Waals surface area contributed by atoms with Gasteiger partial charge in [-0.15, -0.1) is 0 Å². The number of fused-ring (bicyclic) bond motifs is 1. The average Bonchev–Trinajstić information content (AvgIpc) is 3.09. The lowest BCUT2D eigenvalue weighted by atomic mass is 10.1. The predicted octanol–water partition coefficient (Wildman–Crippen LogP) is 3.16. The third-order valence-corrected chi connectivity index (χ3v) is 5.50. The summed E-state index contributed by atoms with van der Waals surface area (Å²) in [5, 5.41) is 3.11. The summed E-state index contributed by atoms with van der Waals surface area (Å²) in [6.45, 7) is 7.62. The molecule has 7 nitrogen and oxygen atoms in total. The van der Waals surface area contributed by atoms with Crippen LogP contribution in [0.25, 0.3) is 5.65 Å². The second-order valence-corrected chi connectivity index (χ2v) is 7.53. The Balaban J connectivity index is 1.45. The van der Waals surface area contributed by atoms with Gasteiger partial charge in [0.1, 0.15) is 5.65 Å².